The zero-order valence-electron chi connectivity index (χ0n) is 24.7. The molecule has 0 aliphatic heterocycles. The Kier molecular flexibility index (Phi) is 13.7. The van der Waals surface area contributed by atoms with E-state index in [4.69, 9.17) is 0 Å². The molecule has 0 atom stereocenters. The lowest BCUT2D eigenvalue weighted by Gasteiger charge is -2.28. The maximum atomic E-state index is 11.6. The highest BCUT2D eigenvalue weighted by Gasteiger charge is 2.15. The minimum absolute atomic E-state index is 0.0304. The van der Waals surface area contributed by atoms with Gasteiger partial charge < -0.3 is 10.4 Å². The molecule has 4 rings (SSSR count). The van der Waals surface area contributed by atoms with Gasteiger partial charge in [0, 0.05) is 77.1 Å². The molecule has 4 heterocycles. The van der Waals surface area contributed by atoms with Crippen molar-refractivity contribution in [3.63, 3.8) is 0 Å². The Hall–Kier alpha value is -4.09. The van der Waals surface area contributed by atoms with E-state index in [0.29, 0.717) is 19.6 Å². The maximum Gasteiger partial charge on any atom is 0.317 e. The predicted octanol–water partition coefficient (Wildman–Crippen LogP) is 3.34. The third-order valence-corrected chi connectivity index (χ3v) is 7.01. The summed E-state index contributed by atoms with van der Waals surface area (Å²) in [6.45, 7) is 7.54. The van der Waals surface area contributed by atoms with Crippen molar-refractivity contribution < 1.29 is 9.90 Å². The first-order chi connectivity index (χ1) is 21.1. The molecular formula is C33H42N8O2. The molecule has 0 spiro atoms. The number of carboxylic acid groups (broad SMARTS) is 1. The molecule has 4 aromatic heterocycles. The lowest BCUT2D eigenvalue weighted by atomic mass is 10.2. The van der Waals surface area contributed by atoms with Crippen molar-refractivity contribution in [1.29, 1.82) is 0 Å². The van der Waals surface area contributed by atoms with Gasteiger partial charge in [-0.15, -0.1) is 0 Å². The van der Waals surface area contributed by atoms with Gasteiger partial charge in [-0.3, -0.25) is 39.4 Å². The van der Waals surface area contributed by atoms with Crippen molar-refractivity contribution in [2.75, 3.05) is 45.8 Å². The Morgan fingerprint density at radius 2 is 1.02 bits per heavy atom. The minimum atomic E-state index is -0.839. The first-order valence-electron chi connectivity index (χ1n) is 14.8. The number of carbonyl (C=O) groups is 1. The molecule has 0 radical (unpaired) electrons. The second-order valence-electron chi connectivity index (χ2n) is 10.5. The Morgan fingerprint density at radius 3 is 1.49 bits per heavy atom. The van der Waals surface area contributed by atoms with Crippen LogP contribution in [0.4, 0.5) is 0 Å². The van der Waals surface area contributed by atoms with Crippen molar-refractivity contribution in [3.05, 3.63) is 120 Å². The number of nitrogens with one attached hydrogen (secondary N) is 1. The molecule has 10 nitrogen and oxygen atoms in total. The molecule has 0 fully saturated rings. The number of carboxylic acids is 1. The van der Waals surface area contributed by atoms with Gasteiger partial charge in [0.25, 0.3) is 0 Å². The van der Waals surface area contributed by atoms with Crippen LogP contribution in [0.15, 0.2) is 97.6 Å². The summed E-state index contributed by atoms with van der Waals surface area (Å²) in [4.78, 5) is 36.3. The molecule has 4 aromatic rings. The van der Waals surface area contributed by atoms with Gasteiger partial charge in [-0.1, -0.05) is 24.3 Å². The molecule has 0 aromatic carbocycles. The highest BCUT2D eigenvalue weighted by atomic mass is 16.4. The van der Waals surface area contributed by atoms with Crippen LogP contribution in [-0.4, -0.2) is 91.5 Å². The molecule has 0 saturated heterocycles. The summed E-state index contributed by atoms with van der Waals surface area (Å²) in [6, 6.07) is 23.7. The number of nitrogens with zero attached hydrogens (tertiary/aromatic N) is 7. The molecule has 2 N–H and O–H groups in total. The van der Waals surface area contributed by atoms with Crippen molar-refractivity contribution in [2.24, 2.45) is 0 Å². The van der Waals surface area contributed by atoms with Crippen LogP contribution in [0.3, 0.4) is 0 Å². The van der Waals surface area contributed by atoms with Crippen LogP contribution in [0.1, 0.15) is 29.2 Å². The summed E-state index contributed by atoms with van der Waals surface area (Å²) >= 11 is 0. The highest BCUT2D eigenvalue weighted by Crippen LogP contribution is 2.08. The number of pyridine rings is 4. The zero-order chi connectivity index (χ0) is 30.0. The van der Waals surface area contributed by atoms with Crippen molar-refractivity contribution >= 4 is 5.97 Å². The molecule has 0 aliphatic rings. The van der Waals surface area contributed by atoms with E-state index in [1.54, 1.807) is 6.20 Å². The first kappa shape index (κ1) is 31.8. The monoisotopic (exact) mass is 582 g/mol. The fourth-order valence-corrected chi connectivity index (χ4v) is 4.86. The fraction of sp³-hybridized carbons (Fsp3) is 0.364. The van der Waals surface area contributed by atoms with Crippen LogP contribution in [0.25, 0.3) is 0 Å². The van der Waals surface area contributed by atoms with E-state index in [0.717, 1.165) is 75.0 Å². The molecular weight excluding hydrogens is 540 g/mol. The van der Waals surface area contributed by atoms with Crippen LogP contribution in [-0.2, 0) is 31.0 Å². The molecule has 0 unspecified atom stereocenters. The van der Waals surface area contributed by atoms with E-state index in [1.807, 2.05) is 90.2 Å². The van der Waals surface area contributed by atoms with E-state index < -0.39 is 5.97 Å². The van der Waals surface area contributed by atoms with Gasteiger partial charge in [-0.05, 0) is 68.0 Å². The van der Waals surface area contributed by atoms with E-state index in [9.17, 15) is 9.90 Å². The van der Waals surface area contributed by atoms with Gasteiger partial charge in [0.2, 0.25) is 0 Å². The topological polar surface area (TPSA) is 111 Å². The van der Waals surface area contributed by atoms with Crippen molar-refractivity contribution in [3.8, 4) is 0 Å². The second kappa shape index (κ2) is 18.4. The number of hydrogen-bond donors (Lipinski definition) is 2. The van der Waals surface area contributed by atoms with Gasteiger partial charge in [0.05, 0.1) is 29.3 Å². The van der Waals surface area contributed by atoms with Gasteiger partial charge in [-0.2, -0.15) is 0 Å². The third kappa shape index (κ3) is 12.8. The van der Waals surface area contributed by atoms with Gasteiger partial charge >= 0.3 is 5.97 Å². The quantitative estimate of drug-likeness (QED) is 0.151. The lowest BCUT2D eigenvalue weighted by Crippen LogP contribution is -2.39. The summed E-state index contributed by atoms with van der Waals surface area (Å²) in [5, 5.41) is 13.1. The Morgan fingerprint density at radius 1 is 0.581 bits per heavy atom. The fourth-order valence-electron chi connectivity index (χ4n) is 4.86. The molecule has 0 aliphatic carbocycles. The Bertz CT molecular complexity index is 1300. The summed E-state index contributed by atoms with van der Waals surface area (Å²) in [5.41, 5.74) is 3.95. The summed E-state index contributed by atoms with van der Waals surface area (Å²) in [5.74, 6) is -0.839. The van der Waals surface area contributed by atoms with Crippen LogP contribution >= 0.6 is 0 Å². The number of aromatic nitrogens is 4. The van der Waals surface area contributed by atoms with Crippen LogP contribution in [0.2, 0.25) is 0 Å². The van der Waals surface area contributed by atoms with Crippen molar-refractivity contribution in [1.82, 2.24) is 40.0 Å². The third-order valence-electron chi connectivity index (χ3n) is 7.01. The van der Waals surface area contributed by atoms with Crippen LogP contribution < -0.4 is 5.32 Å². The van der Waals surface area contributed by atoms with Gasteiger partial charge in [-0.25, -0.2) is 0 Å². The van der Waals surface area contributed by atoms with E-state index in [-0.39, 0.29) is 6.54 Å². The SMILES string of the molecule is O=C(O)CN(CCN(CCCN(CCNCc1ccccn1)Cc1ccccn1)Cc1ccccn1)Cc1ccccn1. The van der Waals surface area contributed by atoms with E-state index >= 15 is 0 Å². The molecule has 43 heavy (non-hydrogen) atoms. The normalized spacial score (nSPS) is 11.4. The zero-order valence-corrected chi connectivity index (χ0v) is 24.7. The summed E-state index contributed by atoms with van der Waals surface area (Å²) in [6.07, 6.45) is 8.18. The van der Waals surface area contributed by atoms with Crippen LogP contribution in [0, 0.1) is 0 Å². The largest absolute Gasteiger partial charge is 0.480 e. The maximum absolute atomic E-state index is 11.6. The van der Waals surface area contributed by atoms with Crippen molar-refractivity contribution in [2.45, 2.75) is 32.6 Å². The molecule has 0 bridgehead atoms. The molecule has 226 valence electrons. The van der Waals surface area contributed by atoms with Crippen LogP contribution in [0.5, 0.6) is 0 Å². The smallest absolute Gasteiger partial charge is 0.317 e. The minimum Gasteiger partial charge on any atom is -0.480 e. The average Bonchev–Trinajstić information content (AvgIpc) is 3.03. The standard InChI is InChI=1S/C33H42N8O2/c42-33(43)28-41(27-32-13-4-8-17-38-32)23-22-40(26-31-12-3-7-16-37-31)20-9-19-39(25-30-11-2-6-15-36-30)21-18-34-24-29-10-1-5-14-35-29/h1-8,10-17,34H,9,18-28H2,(H,42,43). The number of hydrogen-bond acceptors (Lipinski definition) is 9. The van der Waals surface area contributed by atoms with Gasteiger partial charge in [0.1, 0.15) is 0 Å². The molecule has 0 amide bonds. The first-order valence-corrected chi connectivity index (χ1v) is 14.8. The number of aliphatic carboxylic acids is 1. The average molecular weight is 583 g/mol. The summed E-state index contributed by atoms with van der Waals surface area (Å²) in [7, 11) is 0. The van der Waals surface area contributed by atoms with E-state index in [2.05, 4.69) is 41.1 Å². The molecule has 0 saturated carbocycles. The predicted molar refractivity (Wildman–Crippen MR) is 167 cm³/mol. The number of rotatable bonds is 20. The van der Waals surface area contributed by atoms with Gasteiger partial charge in [0.15, 0.2) is 0 Å². The second-order valence-corrected chi connectivity index (χ2v) is 10.5. The molecule has 10 heteroatoms. The summed E-state index contributed by atoms with van der Waals surface area (Å²) < 4.78 is 0. The van der Waals surface area contributed by atoms with E-state index in [1.165, 1.54) is 0 Å². The Balaban J connectivity index is 1.34. The Labute approximate surface area is 254 Å². The highest BCUT2D eigenvalue weighted by molar-refractivity contribution is 5.69. The lowest BCUT2D eigenvalue weighted by molar-refractivity contribution is -0.138.